The molecular weight excluding hydrogens is 538 g/mol. The quantitative estimate of drug-likeness (QED) is 0.420. The van der Waals surface area contributed by atoms with Crippen molar-refractivity contribution >= 4 is 16.1 Å². The molecule has 9 nitrogen and oxygen atoms in total. The first-order valence-corrected chi connectivity index (χ1v) is 15.8. The second kappa shape index (κ2) is 12.0. The molecule has 0 aliphatic carbocycles. The number of amides is 1. The second-order valence-corrected chi connectivity index (χ2v) is 14.0. The van der Waals surface area contributed by atoms with Crippen LogP contribution < -0.4 is 0 Å². The van der Waals surface area contributed by atoms with E-state index in [2.05, 4.69) is 46.2 Å². The number of likely N-dealkylation sites (N-methyl/N-ethyl adjacent to an activating group) is 1. The van der Waals surface area contributed by atoms with Gasteiger partial charge in [0.05, 0.1) is 16.8 Å². The lowest BCUT2D eigenvalue weighted by molar-refractivity contribution is 0.0197. The molecule has 2 aliphatic heterocycles. The monoisotopic (exact) mass is 579 g/mol. The molecule has 3 aromatic rings. The largest absolute Gasteiger partial charge is 0.444 e. The van der Waals surface area contributed by atoms with Crippen LogP contribution in [0.15, 0.2) is 65.7 Å². The van der Waals surface area contributed by atoms with E-state index in [4.69, 9.17) is 4.74 Å². The highest BCUT2D eigenvalue weighted by molar-refractivity contribution is 7.89. The number of ether oxygens (including phenoxy) is 1. The molecule has 0 bridgehead atoms. The predicted octanol–water partition coefficient (Wildman–Crippen LogP) is 4.65. The zero-order valence-corrected chi connectivity index (χ0v) is 25.3. The fourth-order valence-electron chi connectivity index (χ4n) is 5.46. The highest BCUT2D eigenvalue weighted by atomic mass is 32.2. The van der Waals surface area contributed by atoms with Gasteiger partial charge in [-0.25, -0.2) is 4.79 Å². The maximum absolute atomic E-state index is 13.5. The zero-order chi connectivity index (χ0) is 29.2. The topological polar surface area (TPSA) is 88.0 Å². The summed E-state index contributed by atoms with van der Waals surface area (Å²) in [7, 11) is -1.73. The fourth-order valence-corrected chi connectivity index (χ4v) is 6.62. The van der Waals surface area contributed by atoms with Crippen molar-refractivity contribution in [3.8, 4) is 11.1 Å². The molecule has 2 fully saturated rings. The Hall–Kier alpha value is -3.21. The molecule has 5 rings (SSSR count). The summed E-state index contributed by atoms with van der Waals surface area (Å²) in [5.41, 5.74) is 2.99. The highest BCUT2D eigenvalue weighted by Gasteiger charge is 2.32. The van der Waals surface area contributed by atoms with Gasteiger partial charge in [-0.1, -0.05) is 42.5 Å². The van der Waals surface area contributed by atoms with E-state index in [0.29, 0.717) is 18.8 Å². The minimum absolute atomic E-state index is 0.122. The molecule has 2 saturated heterocycles. The van der Waals surface area contributed by atoms with E-state index in [1.165, 1.54) is 5.56 Å². The van der Waals surface area contributed by atoms with E-state index in [1.54, 1.807) is 41.4 Å². The van der Waals surface area contributed by atoms with Crippen LogP contribution in [0, 0.1) is 0 Å². The first kappa shape index (κ1) is 29.3. The molecular formula is C31H41N5O4S. The minimum atomic E-state index is -3.88. The fraction of sp³-hybridized carbons (Fsp3) is 0.484. The summed E-state index contributed by atoms with van der Waals surface area (Å²) >= 11 is 0. The summed E-state index contributed by atoms with van der Waals surface area (Å²) in [5.74, 6) is -0.122. The van der Waals surface area contributed by atoms with Gasteiger partial charge >= 0.3 is 6.09 Å². The van der Waals surface area contributed by atoms with Gasteiger partial charge in [0, 0.05) is 57.3 Å². The third-order valence-electron chi connectivity index (χ3n) is 7.74. The first-order chi connectivity index (χ1) is 19.5. The van der Waals surface area contributed by atoms with Crippen LogP contribution in [0.4, 0.5) is 4.79 Å². The summed E-state index contributed by atoms with van der Waals surface area (Å²) in [6, 6.07) is 16.7. The molecule has 0 radical (unpaired) electrons. The predicted molar refractivity (Wildman–Crippen MR) is 159 cm³/mol. The Kier molecular flexibility index (Phi) is 8.54. The number of carbonyl (C=O) groups excluding carboxylic acids is 1. The van der Waals surface area contributed by atoms with Crippen molar-refractivity contribution in [2.24, 2.45) is 0 Å². The molecule has 41 heavy (non-hydrogen) atoms. The number of rotatable bonds is 6. The molecule has 1 aromatic heterocycles. The number of carbonyl (C=O) groups is 1. The van der Waals surface area contributed by atoms with Gasteiger partial charge in [-0.3, -0.25) is 4.90 Å². The lowest BCUT2D eigenvalue weighted by Gasteiger charge is -2.34. The summed E-state index contributed by atoms with van der Waals surface area (Å²) in [4.78, 5) is 19.6. The molecule has 3 heterocycles. The number of likely N-dealkylation sites (tertiary alicyclic amines) is 1. The maximum atomic E-state index is 13.5. The molecule has 0 saturated carbocycles. The van der Waals surface area contributed by atoms with Gasteiger partial charge in [-0.05, 0) is 63.9 Å². The van der Waals surface area contributed by atoms with E-state index in [-0.39, 0.29) is 16.9 Å². The Labute approximate surface area is 243 Å². The standard InChI is InChI=1S/C31H41N5O4S/c1-31(2,3)40-30(37)35-16-8-9-26(22-35)29-28(23-36(32-29)41(38,39)27-10-6-5-7-11-27)25-14-12-24(13-15-25)21-34-19-17-33(4)18-20-34/h5-7,10-15,23,26H,8-9,16-22H2,1-4H3. The van der Waals surface area contributed by atoms with Crippen LogP contribution >= 0.6 is 0 Å². The van der Waals surface area contributed by atoms with Crippen molar-refractivity contribution in [3.63, 3.8) is 0 Å². The molecule has 0 spiro atoms. The lowest BCUT2D eigenvalue weighted by Crippen LogP contribution is -2.43. The Balaban J connectivity index is 1.45. The number of piperidine rings is 1. The molecule has 1 atom stereocenters. The molecule has 0 N–H and O–H groups in total. The number of nitrogens with zero attached hydrogens (tertiary/aromatic N) is 5. The Morgan fingerprint density at radius 3 is 2.32 bits per heavy atom. The molecule has 1 amide bonds. The van der Waals surface area contributed by atoms with Gasteiger partial charge in [0.15, 0.2) is 0 Å². The summed E-state index contributed by atoms with van der Waals surface area (Å²) < 4.78 is 33.8. The van der Waals surface area contributed by atoms with E-state index < -0.39 is 15.6 Å². The molecule has 10 heteroatoms. The van der Waals surface area contributed by atoms with Crippen LogP contribution in [0.2, 0.25) is 0 Å². The van der Waals surface area contributed by atoms with Gasteiger partial charge in [-0.2, -0.15) is 17.6 Å². The number of aromatic nitrogens is 2. The van der Waals surface area contributed by atoms with E-state index in [9.17, 15) is 13.2 Å². The van der Waals surface area contributed by atoms with Gasteiger partial charge in [0.2, 0.25) is 0 Å². The van der Waals surface area contributed by atoms with Crippen LogP contribution in [-0.4, -0.2) is 90.3 Å². The van der Waals surface area contributed by atoms with E-state index in [1.807, 2.05) is 20.8 Å². The van der Waals surface area contributed by atoms with E-state index >= 15 is 0 Å². The van der Waals surface area contributed by atoms with Gasteiger partial charge < -0.3 is 14.5 Å². The lowest BCUT2D eigenvalue weighted by atomic mass is 9.90. The van der Waals surface area contributed by atoms with Crippen LogP contribution in [-0.2, 0) is 21.3 Å². The molecule has 220 valence electrons. The SMILES string of the molecule is CN1CCN(Cc2ccc(-c3cn(S(=O)(=O)c4ccccc4)nc3C3CCCN(C(=O)OC(C)(C)C)C3)cc2)CC1. The average molecular weight is 580 g/mol. The van der Waals surface area contributed by atoms with Crippen molar-refractivity contribution in [2.45, 2.75) is 56.6 Å². The van der Waals surface area contributed by atoms with Crippen molar-refractivity contribution in [3.05, 3.63) is 72.1 Å². The summed E-state index contributed by atoms with van der Waals surface area (Å²) in [6.07, 6.45) is 2.86. The molecule has 2 aliphatic rings. The Morgan fingerprint density at radius 2 is 1.66 bits per heavy atom. The minimum Gasteiger partial charge on any atom is -0.444 e. The van der Waals surface area contributed by atoms with Gasteiger partial charge in [-0.15, -0.1) is 0 Å². The average Bonchev–Trinajstić information content (AvgIpc) is 3.41. The smallest absolute Gasteiger partial charge is 0.410 e. The van der Waals surface area contributed by atoms with Crippen LogP contribution in [0.1, 0.15) is 50.8 Å². The third-order valence-corrected chi connectivity index (χ3v) is 9.28. The van der Waals surface area contributed by atoms with Gasteiger partial charge in [0.1, 0.15) is 5.60 Å². The number of hydrogen-bond donors (Lipinski definition) is 0. The maximum Gasteiger partial charge on any atom is 0.410 e. The zero-order valence-electron chi connectivity index (χ0n) is 24.5. The highest BCUT2D eigenvalue weighted by Crippen LogP contribution is 2.35. The normalized spacial score (nSPS) is 19.3. The van der Waals surface area contributed by atoms with Crippen molar-refractivity contribution < 1.29 is 17.9 Å². The number of piperazine rings is 1. The van der Waals surface area contributed by atoms with E-state index in [0.717, 1.165) is 60.8 Å². The first-order valence-electron chi connectivity index (χ1n) is 14.4. The van der Waals surface area contributed by atoms with Crippen LogP contribution in [0.5, 0.6) is 0 Å². The summed E-state index contributed by atoms with van der Waals surface area (Å²) in [5, 5.41) is 4.69. The number of hydrogen-bond acceptors (Lipinski definition) is 7. The van der Waals surface area contributed by atoms with Crippen LogP contribution in [0.25, 0.3) is 11.1 Å². The Bertz CT molecular complexity index is 1440. The number of benzene rings is 2. The Morgan fingerprint density at radius 1 is 0.976 bits per heavy atom. The van der Waals surface area contributed by atoms with Gasteiger partial charge in [0.25, 0.3) is 10.0 Å². The second-order valence-electron chi connectivity index (χ2n) is 12.2. The molecule has 1 unspecified atom stereocenters. The third kappa shape index (κ3) is 6.99. The van der Waals surface area contributed by atoms with Crippen molar-refractivity contribution in [1.82, 2.24) is 23.9 Å². The molecule has 2 aromatic carbocycles. The van der Waals surface area contributed by atoms with Crippen molar-refractivity contribution in [2.75, 3.05) is 46.3 Å². The van der Waals surface area contributed by atoms with Crippen molar-refractivity contribution in [1.29, 1.82) is 0 Å². The summed E-state index contributed by atoms with van der Waals surface area (Å²) in [6.45, 7) is 11.7. The van der Waals surface area contributed by atoms with Crippen LogP contribution in [0.3, 0.4) is 0 Å².